The molecule has 0 aliphatic rings. The molecule has 0 atom stereocenters. The molecular weight excluding hydrogens is 302 g/mol. The second-order valence-corrected chi connectivity index (χ2v) is 5.85. The van der Waals surface area contributed by atoms with Crippen LogP contribution in [0.1, 0.15) is 30.9 Å². The van der Waals surface area contributed by atoms with Gasteiger partial charge in [-0.1, -0.05) is 25.4 Å². The smallest absolute Gasteiger partial charge is 0.244 e. The van der Waals surface area contributed by atoms with Gasteiger partial charge in [0.25, 0.3) is 0 Å². The van der Waals surface area contributed by atoms with Gasteiger partial charge in [0.15, 0.2) is 0 Å². The van der Waals surface area contributed by atoms with Crippen LogP contribution in [-0.4, -0.2) is 15.7 Å². The first-order valence-corrected chi connectivity index (χ1v) is 7.56. The standard InChI is InChI=1S/C16H20ClN3O2/c1-11(2)10-20-16(17)14(12(3)19-20)6-7-15(21)18-9-13-5-4-8-22-13/h4-8,11H,9-10H2,1-3H3,(H,18,21)/b7-6+. The molecule has 1 amide bonds. The van der Waals surface area contributed by atoms with Gasteiger partial charge in [-0.15, -0.1) is 0 Å². The highest BCUT2D eigenvalue weighted by atomic mass is 35.5. The topological polar surface area (TPSA) is 60.1 Å². The summed E-state index contributed by atoms with van der Waals surface area (Å²) >= 11 is 6.32. The van der Waals surface area contributed by atoms with Gasteiger partial charge >= 0.3 is 0 Å². The minimum atomic E-state index is -0.205. The molecular formula is C16H20ClN3O2. The Morgan fingerprint density at radius 3 is 2.95 bits per heavy atom. The zero-order chi connectivity index (χ0) is 16.1. The van der Waals surface area contributed by atoms with Crippen LogP contribution in [0, 0.1) is 12.8 Å². The van der Waals surface area contributed by atoms with Crippen molar-refractivity contribution in [2.75, 3.05) is 0 Å². The number of aryl methyl sites for hydroxylation is 1. The summed E-state index contributed by atoms with van der Waals surface area (Å²) in [6.45, 7) is 7.19. The summed E-state index contributed by atoms with van der Waals surface area (Å²) in [6.07, 6.45) is 4.72. The van der Waals surface area contributed by atoms with Crippen LogP contribution in [0.4, 0.5) is 0 Å². The Balaban J connectivity index is 2.00. The molecule has 22 heavy (non-hydrogen) atoms. The Kier molecular flexibility index (Phi) is 5.44. The fourth-order valence-electron chi connectivity index (χ4n) is 2.03. The third-order valence-corrected chi connectivity index (χ3v) is 3.46. The maximum atomic E-state index is 11.8. The molecule has 2 heterocycles. The molecule has 0 saturated carbocycles. The lowest BCUT2D eigenvalue weighted by Crippen LogP contribution is -2.19. The Bertz CT molecular complexity index is 657. The van der Waals surface area contributed by atoms with Crippen LogP contribution in [-0.2, 0) is 17.9 Å². The largest absolute Gasteiger partial charge is 0.467 e. The number of nitrogens with zero attached hydrogens (tertiary/aromatic N) is 2. The lowest BCUT2D eigenvalue weighted by molar-refractivity contribution is -0.116. The van der Waals surface area contributed by atoms with Crippen molar-refractivity contribution in [2.45, 2.75) is 33.9 Å². The van der Waals surface area contributed by atoms with Crippen molar-refractivity contribution in [1.82, 2.24) is 15.1 Å². The molecule has 0 unspecified atom stereocenters. The number of furan rings is 1. The molecule has 1 N–H and O–H groups in total. The summed E-state index contributed by atoms with van der Waals surface area (Å²) in [7, 11) is 0. The minimum Gasteiger partial charge on any atom is -0.467 e. The zero-order valence-corrected chi connectivity index (χ0v) is 13.7. The summed E-state index contributed by atoms with van der Waals surface area (Å²) in [5, 5.41) is 7.70. The average Bonchev–Trinajstić information content (AvgIpc) is 3.04. The van der Waals surface area contributed by atoms with Crippen LogP contribution >= 0.6 is 11.6 Å². The predicted octanol–water partition coefficient (Wildman–Crippen LogP) is 3.42. The molecule has 0 radical (unpaired) electrons. The predicted molar refractivity (Wildman–Crippen MR) is 86.4 cm³/mol. The molecule has 2 rings (SSSR count). The van der Waals surface area contributed by atoms with Crippen LogP contribution in [0.25, 0.3) is 6.08 Å². The van der Waals surface area contributed by atoms with E-state index in [0.29, 0.717) is 23.4 Å². The van der Waals surface area contributed by atoms with E-state index < -0.39 is 0 Å². The molecule has 2 aromatic heterocycles. The second-order valence-electron chi connectivity index (χ2n) is 5.50. The maximum absolute atomic E-state index is 11.8. The number of halogens is 1. The highest BCUT2D eigenvalue weighted by Gasteiger charge is 2.12. The monoisotopic (exact) mass is 321 g/mol. The van der Waals surface area contributed by atoms with E-state index in [0.717, 1.165) is 17.8 Å². The third kappa shape index (κ3) is 4.24. The number of nitrogens with one attached hydrogen (secondary N) is 1. The number of aromatic nitrogens is 2. The first kappa shape index (κ1) is 16.4. The van der Waals surface area contributed by atoms with E-state index >= 15 is 0 Å². The summed E-state index contributed by atoms with van der Waals surface area (Å²) in [5.74, 6) is 0.953. The molecule has 0 aliphatic carbocycles. The molecule has 0 aliphatic heterocycles. The van der Waals surface area contributed by atoms with E-state index in [1.807, 2.05) is 6.92 Å². The van der Waals surface area contributed by atoms with E-state index in [2.05, 4.69) is 24.3 Å². The fourth-order valence-corrected chi connectivity index (χ4v) is 2.34. The second kappa shape index (κ2) is 7.31. The Morgan fingerprint density at radius 1 is 1.55 bits per heavy atom. The SMILES string of the molecule is Cc1nn(CC(C)C)c(Cl)c1/C=C/C(=O)NCc1ccco1. The molecule has 5 nitrogen and oxygen atoms in total. The highest BCUT2D eigenvalue weighted by molar-refractivity contribution is 6.31. The summed E-state index contributed by atoms with van der Waals surface area (Å²) in [6, 6.07) is 3.59. The Hall–Kier alpha value is -2.01. The zero-order valence-electron chi connectivity index (χ0n) is 13.0. The molecule has 0 spiro atoms. The van der Waals surface area contributed by atoms with Gasteiger partial charge in [-0.25, -0.2) is 0 Å². The van der Waals surface area contributed by atoms with E-state index in [1.54, 1.807) is 29.2 Å². The van der Waals surface area contributed by atoms with E-state index in [-0.39, 0.29) is 5.91 Å². The Labute approximate surface area is 134 Å². The molecule has 118 valence electrons. The van der Waals surface area contributed by atoms with Crippen molar-refractivity contribution in [3.05, 3.63) is 46.6 Å². The van der Waals surface area contributed by atoms with Gasteiger partial charge in [0.05, 0.1) is 18.5 Å². The first-order chi connectivity index (χ1) is 10.5. The summed E-state index contributed by atoms with van der Waals surface area (Å²) in [5.41, 5.74) is 1.58. The molecule has 2 aromatic rings. The molecule has 0 fully saturated rings. The van der Waals surface area contributed by atoms with Gasteiger partial charge in [-0.3, -0.25) is 9.48 Å². The van der Waals surface area contributed by atoms with Crippen molar-refractivity contribution in [3.8, 4) is 0 Å². The normalized spacial score (nSPS) is 11.5. The fraction of sp³-hybridized carbons (Fsp3) is 0.375. The van der Waals surface area contributed by atoms with Crippen LogP contribution in [0.3, 0.4) is 0 Å². The maximum Gasteiger partial charge on any atom is 0.244 e. The van der Waals surface area contributed by atoms with Gasteiger partial charge in [0.1, 0.15) is 10.9 Å². The van der Waals surface area contributed by atoms with E-state index in [1.165, 1.54) is 6.08 Å². The van der Waals surface area contributed by atoms with Gasteiger partial charge in [-0.2, -0.15) is 5.10 Å². The van der Waals surface area contributed by atoms with Gasteiger partial charge in [0.2, 0.25) is 5.91 Å². The van der Waals surface area contributed by atoms with Gasteiger partial charge in [0, 0.05) is 18.2 Å². The quantitative estimate of drug-likeness (QED) is 0.829. The van der Waals surface area contributed by atoms with Crippen molar-refractivity contribution in [1.29, 1.82) is 0 Å². The molecule has 0 aromatic carbocycles. The van der Waals surface area contributed by atoms with Crippen LogP contribution in [0.5, 0.6) is 0 Å². The minimum absolute atomic E-state index is 0.205. The van der Waals surface area contributed by atoms with Crippen LogP contribution < -0.4 is 5.32 Å². The number of hydrogen-bond donors (Lipinski definition) is 1. The molecule has 0 bridgehead atoms. The van der Waals surface area contributed by atoms with Crippen LogP contribution in [0.15, 0.2) is 28.9 Å². The van der Waals surface area contributed by atoms with E-state index in [4.69, 9.17) is 16.0 Å². The number of carbonyl (C=O) groups excluding carboxylic acids is 1. The average molecular weight is 322 g/mol. The van der Waals surface area contributed by atoms with Crippen molar-refractivity contribution in [3.63, 3.8) is 0 Å². The first-order valence-electron chi connectivity index (χ1n) is 7.18. The number of carbonyl (C=O) groups is 1. The number of rotatable bonds is 6. The van der Waals surface area contributed by atoms with Crippen molar-refractivity contribution >= 4 is 23.6 Å². The summed E-state index contributed by atoms with van der Waals surface area (Å²) < 4.78 is 6.92. The van der Waals surface area contributed by atoms with Crippen molar-refractivity contribution < 1.29 is 9.21 Å². The third-order valence-electron chi connectivity index (χ3n) is 3.07. The number of hydrogen-bond acceptors (Lipinski definition) is 3. The molecule has 6 heteroatoms. The van der Waals surface area contributed by atoms with Crippen molar-refractivity contribution in [2.24, 2.45) is 5.92 Å². The van der Waals surface area contributed by atoms with Crippen LogP contribution in [0.2, 0.25) is 5.15 Å². The highest BCUT2D eigenvalue weighted by Crippen LogP contribution is 2.22. The Morgan fingerprint density at radius 2 is 2.32 bits per heavy atom. The van der Waals surface area contributed by atoms with Gasteiger partial charge < -0.3 is 9.73 Å². The lowest BCUT2D eigenvalue weighted by Gasteiger charge is -2.05. The molecule has 0 saturated heterocycles. The lowest BCUT2D eigenvalue weighted by atomic mass is 10.2. The number of amides is 1. The summed E-state index contributed by atoms with van der Waals surface area (Å²) in [4.78, 5) is 11.8. The van der Waals surface area contributed by atoms with E-state index in [9.17, 15) is 4.79 Å². The van der Waals surface area contributed by atoms with Gasteiger partial charge in [-0.05, 0) is 31.1 Å².